The highest BCUT2D eigenvalue weighted by molar-refractivity contribution is 6.30. The quantitative estimate of drug-likeness (QED) is 0.280. The second-order valence-electron chi connectivity index (χ2n) is 8.33. The van der Waals surface area contributed by atoms with Gasteiger partial charge in [0, 0.05) is 33.7 Å². The van der Waals surface area contributed by atoms with Gasteiger partial charge in [-0.3, -0.25) is 0 Å². The fourth-order valence-corrected chi connectivity index (χ4v) is 4.77. The third kappa shape index (κ3) is 2.92. The summed E-state index contributed by atoms with van der Waals surface area (Å²) in [4.78, 5) is 4.91. The topological polar surface area (TPSA) is 25.5 Å². The summed E-state index contributed by atoms with van der Waals surface area (Å²) < 4.78 is 44.7. The third-order valence-corrected chi connectivity index (χ3v) is 6.15. The number of halogens is 3. The van der Waals surface area contributed by atoms with E-state index >= 15 is 0 Å². The lowest BCUT2D eigenvalue weighted by Crippen LogP contribution is -2.09. The molecule has 5 aromatic rings. The SMILES string of the molecule is Cc1cc(C2=Nc3cccc4c(CCC(F)(F)F)ccc2c34)c2oc3ccccc3c2c1. The Morgan fingerprint density at radius 3 is 2.50 bits per heavy atom. The van der Waals surface area contributed by atoms with Crippen molar-refractivity contribution in [3.05, 3.63) is 89.0 Å². The maximum Gasteiger partial charge on any atom is 0.389 e. The lowest BCUT2D eigenvalue weighted by molar-refractivity contribution is -0.133. The van der Waals surface area contributed by atoms with E-state index in [2.05, 4.69) is 12.1 Å². The van der Waals surface area contributed by atoms with E-state index in [9.17, 15) is 13.2 Å². The summed E-state index contributed by atoms with van der Waals surface area (Å²) in [6, 6.07) is 21.5. The molecule has 0 unspecified atom stereocenters. The molecule has 4 aromatic carbocycles. The average Bonchev–Trinajstić information content (AvgIpc) is 3.32. The Hall–Kier alpha value is -3.60. The Labute approximate surface area is 182 Å². The van der Waals surface area contributed by atoms with Gasteiger partial charge in [0.2, 0.25) is 0 Å². The molecule has 1 aliphatic heterocycles. The molecule has 0 radical (unpaired) electrons. The number of hydrogen-bond donors (Lipinski definition) is 0. The van der Waals surface area contributed by atoms with Crippen molar-refractivity contribution in [2.45, 2.75) is 25.9 Å². The molecule has 158 valence electrons. The van der Waals surface area contributed by atoms with Crippen LogP contribution in [0.5, 0.6) is 0 Å². The molecule has 5 heteroatoms. The molecular formula is C27H18F3NO. The lowest BCUT2D eigenvalue weighted by Gasteiger charge is -2.11. The number of fused-ring (bicyclic) bond motifs is 3. The van der Waals surface area contributed by atoms with Crippen molar-refractivity contribution in [1.29, 1.82) is 0 Å². The van der Waals surface area contributed by atoms with Gasteiger partial charge in [-0.1, -0.05) is 42.5 Å². The molecule has 2 heterocycles. The van der Waals surface area contributed by atoms with Crippen molar-refractivity contribution in [2.24, 2.45) is 4.99 Å². The Morgan fingerprint density at radius 1 is 0.844 bits per heavy atom. The van der Waals surface area contributed by atoms with Crippen LogP contribution in [0.3, 0.4) is 0 Å². The fourth-order valence-electron chi connectivity index (χ4n) is 4.77. The fraction of sp³-hybridized carbons (Fsp3) is 0.148. The van der Waals surface area contributed by atoms with Crippen LogP contribution >= 0.6 is 0 Å². The van der Waals surface area contributed by atoms with Gasteiger partial charge in [-0.2, -0.15) is 13.2 Å². The van der Waals surface area contributed by atoms with Gasteiger partial charge < -0.3 is 4.42 Å². The van der Waals surface area contributed by atoms with Gasteiger partial charge in [0.25, 0.3) is 0 Å². The number of nitrogens with zero attached hydrogens (tertiary/aromatic N) is 1. The molecule has 1 aliphatic rings. The number of hydrogen-bond acceptors (Lipinski definition) is 2. The third-order valence-electron chi connectivity index (χ3n) is 6.15. The molecule has 0 saturated carbocycles. The minimum atomic E-state index is -4.18. The molecule has 0 fully saturated rings. The molecule has 0 spiro atoms. The lowest BCUT2D eigenvalue weighted by atomic mass is 9.92. The van der Waals surface area contributed by atoms with E-state index in [4.69, 9.17) is 9.41 Å². The summed E-state index contributed by atoms with van der Waals surface area (Å²) >= 11 is 0. The number of benzene rings is 4. The Kier molecular flexibility index (Phi) is 4.00. The summed E-state index contributed by atoms with van der Waals surface area (Å²) in [6.45, 7) is 2.04. The molecule has 0 atom stereocenters. The highest BCUT2D eigenvalue weighted by Crippen LogP contribution is 2.42. The molecule has 1 aromatic heterocycles. The summed E-state index contributed by atoms with van der Waals surface area (Å²) in [5.41, 5.74) is 6.79. The van der Waals surface area contributed by atoms with E-state index in [1.165, 1.54) is 0 Å². The van der Waals surface area contributed by atoms with Crippen molar-refractivity contribution < 1.29 is 17.6 Å². The standard InChI is InChI=1S/C27H18F3NO/c1-15-13-20-18-5-2-3-8-23(18)32-26(20)21(14-15)25-19-10-9-16(11-12-27(28,29)30)17-6-4-7-22(31-25)24(17)19/h2-10,13-14H,11-12H2,1H3. The minimum Gasteiger partial charge on any atom is -0.455 e. The van der Waals surface area contributed by atoms with Crippen LogP contribution in [0.15, 0.2) is 76.1 Å². The van der Waals surface area contributed by atoms with E-state index in [0.717, 1.165) is 60.8 Å². The summed E-state index contributed by atoms with van der Waals surface area (Å²) in [6.07, 6.45) is -5.06. The van der Waals surface area contributed by atoms with Crippen molar-refractivity contribution in [2.75, 3.05) is 0 Å². The van der Waals surface area contributed by atoms with Gasteiger partial charge in [0.1, 0.15) is 11.2 Å². The van der Waals surface area contributed by atoms with Gasteiger partial charge in [0.15, 0.2) is 0 Å². The Balaban J connectivity index is 1.55. The number of aryl methyl sites for hydroxylation is 2. The van der Waals surface area contributed by atoms with Gasteiger partial charge >= 0.3 is 6.18 Å². The molecule has 0 N–H and O–H groups in total. The Bertz CT molecular complexity index is 1570. The van der Waals surface area contributed by atoms with Gasteiger partial charge in [0.05, 0.1) is 11.4 Å². The predicted octanol–water partition coefficient (Wildman–Crippen LogP) is 8.03. The first-order valence-corrected chi connectivity index (χ1v) is 10.5. The largest absolute Gasteiger partial charge is 0.455 e. The molecule has 6 rings (SSSR count). The van der Waals surface area contributed by atoms with E-state index in [1.807, 2.05) is 55.5 Å². The molecule has 32 heavy (non-hydrogen) atoms. The molecule has 0 aliphatic carbocycles. The van der Waals surface area contributed by atoms with E-state index < -0.39 is 12.6 Å². The van der Waals surface area contributed by atoms with Crippen LogP contribution < -0.4 is 0 Å². The van der Waals surface area contributed by atoms with Crippen LogP contribution in [0.25, 0.3) is 32.7 Å². The second-order valence-corrected chi connectivity index (χ2v) is 8.33. The van der Waals surface area contributed by atoms with Crippen molar-refractivity contribution in [3.8, 4) is 0 Å². The summed E-state index contributed by atoms with van der Waals surface area (Å²) in [5, 5.41) is 3.83. The zero-order chi connectivity index (χ0) is 22.0. The van der Waals surface area contributed by atoms with Crippen molar-refractivity contribution in [1.82, 2.24) is 0 Å². The number of alkyl halides is 3. The smallest absolute Gasteiger partial charge is 0.389 e. The zero-order valence-electron chi connectivity index (χ0n) is 17.3. The van der Waals surface area contributed by atoms with E-state index in [0.29, 0.717) is 5.56 Å². The van der Waals surface area contributed by atoms with Crippen LogP contribution in [-0.4, -0.2) is 11.9 Å². The summed E-state index contributed by atoms with van der Waals surface area (Å²) in [7, 11) is 0. The van der Waals surface area contributed by atoms with E-state index in [1.54, 1.807) is 6.07 Å². The molecular weight excluding hydrogens is 411 g/mol. The monoisotopic (exact) mass is 429 g/mol. The number of aliphatic imine (C=N–C) groups is 1. The van der Waals surface area contributed by atoms with Gasteiger partial charge in [-0.15, -0.1) is 0 Å². The predicted molar refractivity (Wildman–Crippen MR) is 122 cm³/mol. The van der Waals surface area contributed by atoms with Crippen LogP contribution in [0.2, 0.25) is 0 Å². The maximum atomic E-state index is 12.8. The van der Waals surface area contributed by atoms with Gasteiger partial charge in [-0.25, -0.2) is 4.99 Å². The first-order chi connectivity index (χ1) is 15.4. The summed E-state index contributed by atoms with van der Waals surface area (Å²) in [5.74, 6) is 0. The highest BCUT2D eigenvalue weighted by atomic mass is 19.4. The first-order valence-electron chi connectivity index (χ1n) is 10.5. The zero-order valence-corrected chi connectivity index (χ0v) is 17.3. The molecule has 0 saturated heterocycles. The van der Waals surface area contributed by atoms with E-state index in [-0.39, 0.29) is 6.42 Å². The van der Waals surface area contributed by atoms with Crippen LogP contribution in [0, 0.1) is 6.92 Å². The van der Waals surface area contributed by atoms with Crippen LogP contribution in [0.4, 0.5) is 18.9 Å². The number of rotatable bonds is 3. The van der Waals surface area contributed by atoms with Gasteiger partial charge in [-0.05, 0) is 54.1 Å². The molecule has 2 nitrogen and oxygen atoms in total. The normalized spacial score (nSPS) is 13.4. The minimum absolute atomic E-state index is 0.0443. The number of para-hydroxylation sites is 1. The number of furan rings is 1. The average molecular weight is 429 g/mol. The van der Waals surface area contributed by atoms with Crippen molar-refractivity contribution in [3.63, 3.8) is 0 Å². The Morgan fingerprint density at radius 2 is 1.66 bits per heavy atom. The van der Waals surface area contributed by atoms with Crippen LogP contribution in [-0.2, 0) is 6.42 Å². The molecule has 0 bridgehead atoms. The van der Waals surface area contributed by atoms with Crippen LogP contribution in [0.1, 0.15) is 28.7 Å². The maximum absolute atomic E-state index is 12.8. The first kappa shape index (κ1) is 19.1. The second kappa shape index (κ2) is 6.70. The highest BCUT2D eigenvalue weighted by Gasteiger charge is 2.28. The van der Waals surface area contributed by atoms with Crippen molar-refractivity contribution >= 4 is 44.1 Å². The molecule has 0 amide bonds.